The van der Waals surface area contributed by atoms with Crippen LogP contribution in [0.15, 0.2) is 54.6 Å². The molecule has 1 saturated heterocycles. The fourth-order valence-electron chi connectivity index (χ4n) is 4.74. The van der Waals surface area contributed by atoms with Crippen molar-refractivity contribution >= 4 is 22.8 Å². The van der Waals surface area contributed by atoms with E-state index in [4.69, 9.17) is 19.8 Å². The van der Waals surface area contributed by atoms with Gasteiger partial charge in [0, 0.05) is 32.6 Å². The van der Waals surface area contributed by atoms with Crippen molar-refractivity contribution in [1.82, 2.24) is 24.6 Å². The molecule has 4 aromatic rings. The largest absolute Gasteiger partial charge is 0.496 e. The SMILES string of the molecule is CCCCc1nc(N2CCN(C(=O)c3ccccc3OC)CC2)c2c(C)nn(-c3ccccc3)c2n1. The Bertz CT molecular complexity index is 1360. The number of benzene rings is 2. The molecular weight excluding hydrogens is 452 g/mol. The lowest BCUT2D eigenvalue weighted by molar-refractivity contribution is 0.0743. The predicted molar refractivity (Wildman–Crippen MR) is 141 cm³/mol. The van der Waals surface area contributed by atoms with Crippen LogP contribution in [0.4, 0.5) is 5.82 Å². The summed E-state index contributed by atoms with van der Waals surface area (Å²) in [5.74, 6) is 2.35. The van der Waals surface area contributed by atoms with E-state index in [1.165, 1.54) is 0 Å². The summed E-state index contributed by atoms with van der Waals surface area (Å²) in [4.78, 5) is 27.4. The molecule has 0 spiro atoms. The molecule has 1 aliphatic heterocycles. The van der Waals surface area contributed by atoms with E-state index in [1.807, 2.05) is 71.1 Å². The number of para-hydroxylation sites is 2. The second kappa shape index (κ2) is 10.4. The minimum atomic E-state index is -0.00310. The van der Waals surface area contributed by atoms with Crippen LogP contribution in [0.25, 0.3) is 16.7 Å². The molecule has 8 nitrogen and oxygen atoms in total. The number of hydrogen-bond donors (Lipinski definition) is 0. The van der Waals surface area contributed by atoms with Gasteiger partial charge in [0.15, 0.2) is 5.65 Å². The van der Waals surface area contributed by atoms with Crippen molar-refractivity contribution in [3.8, 4) is 11.4 Å². The van der Waals surface area contributed by atoms with Crippen molar-refractivity contribution in [1.29, 1.82) is 0 Å². The third-order valence-corrected chi connectivity index (χ3v) is 6.69. The van der Waals surface area contributed by atoms with Crippen molar-refractivity contribution in [3.63, 3.8) is 0 Å². The molecule has 0 N–H and O–H groups in total. The summed E-state index contributed by atoms with van der Waals surface area (Å²) >= 11 is 0. The summed E-state index contributed by atoms with van der Waals surface area (Å²) in [6.45, 7) is 6.79. The zero-order valence-corrected chi connectivity index (χ0v) is 21.1. The molecular formula is C28H32N6O2. The van der Waals surface area contributed by atoms with Crippen molar-refractivity contribution in [2.24, 2.45) is 0 Å². The van der Waals surface area contributed by atoms with Crippen LogP contribution in [0.1, 0.15) is 41.6 Å². The van der Waals surface area contributed by atoms with Crippen LogP contribution >= 0.6 is 0 Å². The van der Waals surface area contributed by atoms with Gasteiger partial charge in [-0.25, -0.2) is 14.6 Å². The number of unbranched alkanes of at least 4 members (excludes halogenated alkanes) is 1. The minimum absolute atomic E-state index is 0.00310. The van der Waals surface area contributed by atoms with Gasteiger partial charge >= 0.3 is 0 Å². The number of ether oxygens (including phenoxy) is 1. The van der Waals surface area contributed by atoms with Crippen molar-refractivity contribution < 1.29 is 9.53 Å². The van der Waals surface area contributed by atoms with Gasteiger partial charge in [-0.1, -0.05) is 43.7 Å². The maximum Gasteiger partial charge on any atom is 0.257 e. The molecule has 2 aromatic heterocycles. The third kappa shape index (κ3) is 4.51. The summed E-state index contributed by atoms with van der Waals surface area (Å²) in [7, 11) is 1.60. The summed E-state index contributed by atoms with van der Waals surface area (Å²) < 4.78 is 7.33. The number of aryl methyl sites for hydroxylation is 2. The number of carbonyl (C=O) groups is 1. The molecule has 5 rings (SSSR count). The minimum Gasteiger partial charge on any atom is -0.496 e. The summed E-state index contributed by atoms with van der Waals surface area (Å²) in [6, 6.07) is 17.5. The topological polar surface area (TPSA) is 76.4 Å². The lowest BCUT2D eigenvalue weighted by Gasteiger charge is -2.36. The second-order valence-corrected chi connectivity index (χ2v) is 9.08. The highest BCUT2D eigenvalue weighted by Crippen LogP contribution is 2.30. The van der Waals surface area contributed by atoms with E-state index >= 15 is 0 Å². The Kier molecular flexibility index (Phi) is 6.84. The number of anilines is 1. The number of nitrogens with zero attached hydrogens (tertiary/aromatic N) is 6. The van der Waals surface area contributed by atoms with E-state index in [1.54, 1.807) is 7.11 Å². The Labute approximate surface area is 211 Å². The predicted octanol–water partition coefficient (Wildman–Crippen LogP) is 4.44. The second-order valence-electron chi connectivity index (χ2n) is 9.08. The summed E-state index contributed by atoms with van der Waals surface area (Å²) in [5.41, 5.74) is 3.31. The van der Waals surface area contributed by atoms with Gasteiger partial charge in [0.05, 0.1) is 29.4 Å². The van der Waals surface area contributed by atoms with E-state index in [0.717, 1.165) is 53.3 Å². The van der Waals surface area contributed by atoms with Gasteiger partial charge in [-0.3, -0.25) is 4.79 Å². The number of hydrogen-bond acceptors (Lipinski definition) is 6. The lowest BCUT2D eigenvalue weighted by atomic mass is 10.1. The molecule has 8 heteroatoms. The van der Waals surface area contributed by atoms with Gasteiger partial charge in [-0.2, -0.15) is 5.10 Å². The standard InChI is InChI=1S/C28H32N6O2/c1-4-5-15-24-29-26(25-20(2)31-34(27(25)30-24)21-11-7-6-8-12-21)32-16-18-33(19-17-32)28(35)22-13-9-10-14-23(22)36-3/h6-14H,4-5,15-19H2,1-3H3. The first kappa shape index (κ1) is 23.8. The first-order valence-corrected chi connectivity index (χ1v) is 12.6. The Hall–Kier alpha value is -3.94. The van der Waals surface area contributed by atoms with Crippen LogP contribution in [-0.2, 0) is 6.42 Å². The molecule has 36 heavy (non-hydrogen) atoms. The molecule has 2 aromatic carbocycles. The van der Waals surface area contributed by atoms with Gasteiger partial charge in [0.25, 0.3) is 5.91 Å². The summed E-state index contributed by atoms with van der Waals surface area (Å²) in [6.07, 6.45) is 2.94. The lowest BCUT2D eigenvalue weighted by Crippen LogP contribution is -2.49. The van der Waals surface area contributed by atoms with E-state index in [0.29, 0.717) is 37.5 Å². The number of methoxy groups -OCH3 is 1. The average Bonchev–Trinajstić information content (AvgIpc) is 3.27. The van der Waals surface area contributed by atoms with E-state index in [-0.39, 0.29) is 5.91 Å². The van der Waals surface area contributed by atoms with Gasteiger partial charge in [-0.15, -0.1) is 0 Å². The van der Waals surface area contributed by atoms with Crippen LogP contribution in [0.3, 0.4) is 0 Å². The number of rotatable bonds is 7. The number of fused-ring (bicyclic) bond motifs is 1. The first-order chi connectivity index (χ1) is 17.6. The van der Waals surface area contributed by atoms with E-state index in [9.17, 15) is 4.79 Å². The van der Waals surface area contributed by atoms with Gasteiger partial charge in [0.2, 0.25) is 0 Å². The number of carbonyl (C=O) groups excluding carboxylic acids is 1. The van der Waals surface area contributed by atoms with Gasteiger partial charge < -0.3 is 14.5 Å². The molecule has 1 aliphatic rings. The molecule has 0 atom stereocenters. The van der Waals surface area contributed by atoms with Crippen molar-refractivity contribution in [3.05, 3.63) is 71.7 Å². The van der Waals surface area contributed by atoms with Crippen LogP contribution in [0.2, 0.25) is 0 Å². The number of piperazine rings is 1. The van der Waals surface area contributed by atoms with Crippen LogP contribution in [-0.4, -0.2) is 63.8 Å². The van der Waals surface area contributed by atoms with Crippen molar-refractivity contribution in [2.75, 3.05) is 38.2 Å². The summed E-state index contributed by atoms with van der Waals surface area (Å²) in [5, 5.41) is 5.82. The molecule has 3 heterocycles. The Morgan fingerprint density at radius 1 is 0.972 bits per heavy atom. The van der Waals surface area contributed by atoms with Crippen LogP contribution in [0, 0.1) is 6.92 Å². The molecule has 0 bridgehead atoms. The molecule has 1 amide bonds. The highest BCUT2D eigenvalue weighted by Gasteiger charge is 2.27. The molecule has 0 saturated carbocycles. The Balaban J connectivity index is 1.46. The zero-order chi connectivity index (χ0) is 25.1. The molecule has 186 valence electrons. The molecule has 0 radical (unpaired) electrons. The molecule has 0 aliphatic carbocycles. The average molecular weight is 485 g/mol. The first-order valence-electron chi connectivity index (χ1n) is 12.6. The van der Waals surface area contributed by atoms with Gasteiger partial charge in [0.1, 0.15) is 17.4 Å². The van der Waals surface area contributed by atoms with Gasteiger partial charge in [-0.05, 0) is 37.6 Å². The maximum atomic E-state index is 13.2. The monoisotopic (exact) mass is 484 g/mol. The Morgan fingerprint density at radius 2 is 1.69 bits per heavy atom. The van der Waals surface area contributed by atoms with Crippen molar-refractivity contribution in [2.45, 2.75) is 33.1 Å². The quantitative estimate of drug-likeness (QED) is 0.386. The highest BCUT2D eigenvalue weighted by molar-refractivity contribution is 5.97. The maximum absolute atomic E-state index is 13.2. The van der Waals surface area contributed by atoms with E-state index < -0.39 is 0 Å². The Morgan fingerprint density at radius 3 is 2.42 bits per heavy atom. The normalized spacial score (nSPS) is 13.9. The molecule has 1 fully saturated rings. The zero-order valence-electron chi connectivity index (χ0n) is 21.1. The highest BCUT2D eigenvalue weighted by atomic mass is 16.5. The van der Waals surface area contributed by atoms with E-state index in [2.05, 4.69) is 11.8 Å². The fraction of sp³-hybridized carbons (Fsp3) is 0.357. The fourth-order valence-corrected chi connectivity index (χ4v) is 4.74. The van der Waals surface area contributed by atoms with Crippen LogP contribution < -0.4 is 9.64 Å². The van der Waals surface area contributed by atoms with Crippen LogP contribution in [0.5, 0.6) is 5.75 Å². The smallest absolute Gasteiger partial charge is 0.257 e. The number of aromatic nitrogens is 4. The molecule has 0 unspecified atom stereocenters. The number of amides is 1. The third-order valence-electron chi connectivity index (χ3n) is 6.69.